The van der Waals surface area contributed by atoms with Crippen LogP contribution in [0.25, 0.3) is 0 Å². The predicted octanol–water partition coefficient (Wildman–Crippen LogP) is 1.39. The van der Waals surface area contributed by atoms with E-state index in [2.05, 4.69) is 11.8 Å². The van der Waals surface area contributed by atoms with Gasteiger partial charge in [-0.25, -0.2) is 0 Å². The number of halogens is 3. The van der Waals surface area contributed by atoms with E-state index in [-0.39, 0.29) is 5.54 Å². The summed E-state index contributed by atoms with van der Waals surface area (Å²) >= 11 is 1.92. The fraction of sp³-hybridized carbons (Fsp3) is 1.00. The van der Waals surface area contributed by atoms with Gasteiger partial charge in [-0.1, -0.05) is 6.92 Å². The maximum Gasteiger partial charge on any atom is 0.401 e. The smallest absolute Gasteiger partial charge is 0.329 e. The lowest BCUT2D eigenvalue weighted by Crippen LogP contribution is -2.61. The molecule has 2 atom stereocenters. The van der Waals surface area contributed by atoms with Crippen molar-refractivity contribution >= 4 is 11.8 Å². The Morgan fingerprint density at radius 3 is 2.32 bits per heavy atom. The third kappa shape index (κ3) is 3.77. The fourth-order valence-corrected chi connectivity index (χ4v) is 4.52. The van der Waals surface area contributed by atoms with Crippen LogP contribution in [0, 0.1) is 0 Å². The number of rotatable bonds is 3. The number of hydrogen-bond acceptors (Lipinski definition) is 4. The second-order valence-electron chi connectivity index (χ2n) is 5.63. The van der Waals surface area contributed by atoms with Gasteiger partial charge in [0.25, 0.3) is 0 Å². The summed E-state index contributed by atoms with van der Waals surface area (Å²) < 4.78 is 37.1. The summed E-state index contributed by atoms with van der Waals surface area (Å²) in [5.74, 6) is 1.00. The Hall–Kier alpha value is 0.0200. The average Bonchev–Trinajstić information content (AvgIpc) is 2.71. The van der Waals surface area contributed by atoms with Gasteiger partial charge in [-0.3, -0.25) is 9.80 Å². The van der Waals surface area contributed by atoms with E-state index >= 15 is 0 Å². The van der Waals surface area contributed by atoms with Gasteiger partial charge >= 0.3 is 6.18 Å². The molecule has 0 radical (unpaired) electrons. The van der Waals surface area contributed by atoms with Gasteiger partial charge < -0.3 is 5.73 Å². The lowest BCUT2D eigenvalue weighted by Gasteiger charge is -2.45. The maximum atomic E-state index is 12.4. The Balaban J connectivity index is 1.89. The van der Waals surface area contributed by atoms with E-state index in [1.165, 1.54) is 4.90 Å². The maximum absolute atomic E-state index is 12.4. The number of nitrogens with two attached hydrogens (primary N) is 1. The Labute approximate surface area is 116 Å². The number of thioether (sulfide) groups is 1. The molecule has 0 aromatic carbocycles. The van der Waals surface area contributed by atoms with Crippen molar-refractivity contribution in [1.82, 2.24) is 9.80 Å². The minimum absolute atomic E-state index is 0.00834. The highest BCUT2D eigenvalue weighted by Gasteiger charge is 2.43. The molecule has 3 nitrogen and oxygen atoms in total. The van der Waals surface area contributed by atoms with Crippen molar-refractivity contribution in [2.45, 2.75) is 30.3 Å². The third-order valence-electron chi connectivity index (χ3n) is 4.13. The van der Waals surface area contributed by atoms with E-state index in [9.17, 15) is 13.2 Å². The highest BCUT2D eigenvalue weighted by molar-refractivity contribution is 8.00. The molecule has 0 aromatic heterocycles. The van der Waals surface area contributed by atoms with Gasteiger partial charge in [0.15, 0.2) is 0 Å². The molecule has 2 fully saturated rings. The molecule has 0 aliphatic carbocycles. The summed E-state index contributed by atoms with van der Waals surface area (Å²) in [5.41, 5.74) is 5.96. The largest absolute Gasteiger partial charge is 0.401 e. The molecule has 0 aromatic rings. The predicted molar refractivity (Wildman–Crippen MR) is 72.4 cm³/mol. The molecule has 0 spiro atoms. The van der Waals surface area contributed by atoms with Crippen molar-refractivity contribution < 1.29 is 13.2 Å². The molecule has 19 heavy (non-hydrogen) atoms. The highest BCUT2D eigenvalue weighted by atomic mass is 32.2. The van der Waals surface area contributed by atoms with E-state index in [4.69, 9.17) is 5.73 Å². The topological polar surface area (TPSA) is 32.5 Å². The van der Waals surface area contributed by atoms with Crippen LogP contribution < -0.4 is 5.73 Å². The Morgan fingerprint density at radius 2 is 1.89 bits per heavy atom. The van der Waals surface area contributed by atoms with Crippen LogP contribution >= 0.6 is 11.8 Å². The molecule has 2 aliphatic heterocycles. The second kappa shape index (κ2) is 5.79. The van der Waals surface area contributed by atoms with E-state index in [1.54, 1.807) is 0 Å². The number of piperazine rings is 1. The van der Waals surface area contributed by atoms with E-state index in [0.717, 1.165) is 12.2 Å². The Morgan fingerprint density at radius 1 is 1.26 bits per heavy atom. The fourth-order valence-electron chi connectivity index (χ4n) is 3.08. The molecule has 2 unspecified atom stereocenters. The van der Waals surface area contributed by atoms with Crippen molar-refractivity contribution in [3.05, 3.63) is 0 Å². The second-order valence-corrected chi connectivity index (χ2v) is 7.06. The molecule has 0 amide bonds. The van der Waals surface area contributed by atoms with Crippen LogP contribution in [0.2, 0.25) is 0 Å². The van der Waals surface area contributed by atoms with Crippen LogP contribution in [0.4, 0.5) is 13.2 Å². The van der Waals surface area contributed by atoms with Gasteiger partial charge in [-0.2, -0.15) is 24.9 Å². The van der Waals surface area contributed by atoms with Crippen molar-refractivity contribution in [2.24, 2.45) is 5.73 Å². The van der Waals surface area contributed by atoms with Gasteiger partial charge in [0.2, 0.25) is 0 Å². The molecule has 0 bridgehead atoms. The minimum atomic E-state index is -4.09. The molecular weight excluding hydrogens is 275 g/mol. The van der Waals surface area contributed by atoms with Gasteiger partial charge in [-0.15, -0.1) is 0 Å². The van der Waals surface area contributed by atoms with Gasteiger partial charge in [-0.05, 0) is 6.42 Å². The molecule has 7 heteroatoms. The van der Waals surface area contributed by atoms with Crippen LogP contribution in [0.3, 0.4) is 0 Å². The number of nitrogens with zero attached hydrogens (tertiary/aromatic N) is 2. The van der Waals surface area contributed by atoms with E-state index < -0.39 is 12.7 Å². The number of hydrogen-bond donors (Lipinski definition) is 1. The van der Waals surface area contributed by atoms with Crippen molar-refractivity contribution in [3.8, 4) is 0 Å². The molecule has 2 rings (SSSR count). The molecule has 2 N–H and O–H groups in total. The first-order valence-electron chi connectivity index (χ1n) is 6.70. The first-order chi connectivity index (χ1) is 8.85. The lowest BCUT2D eigenvalue weighted by atomic mass is 9.93. The van der Waals surface area contributed by atoms with Crippen molar-refractivity contribution in [2.75, 3.05) is 45.0 Å². The van der Waals surface area contributed by atoms with E-state index in [1.807, 2.05) is 11.8 Å². The summed E-state index contributed by atoms with van der Waals surface area (Å²) in [4.78, 5) is 3.81. The molecule has 2 saturated heterocycles. The monoisotopic (exact) mass is 297 g/mol. The SMILES string of the molecule is CC1CC(CN)(N2CCN(CC(F)(F)F)CC2)CS1. The molecule has 0 saturated carbocycles. The lowest BCUT2D eigenvalue weighted by molar-refractivity contribution is -0.150. The Bertz CT molecular complexity index is 305. The highest BCUT2D eigenvalue weighted by Crippen LogP contribution is 2.38. The minimum Gasteiger partial charge on any atom is -0.329 e. The average molecular weight is 297 g/mol. The summed E-state index contributed by atoms with van der Waals surface area (Å²) in [6.45, 7) is 4.37. The van der Waals surface area contributed by atoms with Crippen LogP contribution in [-0.2, 0) is 0 Å². The van der Waals surface area contributed by atoms with Crippen molar-refractivity contribution in [1.29, 1.82) is 0 Å². The normalized spacial score (nSPS) is 34.9. The zero-order chi connectivity index (χ0) is 14.1. The van der Waals surface area contributed by atoms with Crippen molar-refractivity contribution in [3.63, 3.8) is 0 Å². The summed E-state index contributed by atoms with van der Waals surface area (Å²) in [6.07, 6.45) is -3.04. The Kier molecular flexibility index (Phi) is 4.70. The van der Waals surface area contributed by atoms with Crippen LogP contribution in [0.15, 0.2) is 0 Å². The molecular formula is C12H22F3N3S. The third-order valence-corrected chi connectivity index (χ3v) is 5.57. The first kappa shape index (κ1) is 15.4. The summed E-state index contributed by atoms with van der Waals surface area (Å²) in [6, 6.07) is 0. The summed E-state index contributed by atoms with van der Waals surface area (Å²) in [5, 5.41) is 0.594. The first-order valence-corrected chi connectivity index (χ1v) is 7.75. The van der Waals surface area contributed by atoms with Crippen LogP contribution in [0.5, 0.6) is 0 Å². The summed E-state index contributed by atoms with van der Waals surface area (Å²) in [7, 11) is 0. The molecule has 112 valence electrons. The molecule has 2 heterocycles. The van der Waals surface area contributed by atoms with Gasteiger partial charge in [0.05, 0.1) is 6.54 Å². The van der Waals surface area contributed by atoms with Crippen LogP contribution in [0.1, 0.15) is 13.3 Å². The molecule has 2 aliphatic rings. The van der Waals surface area contributed by atoms with E-state index in [0.29, 0.717) is 38.0 Å². The number of alkyl halides is 3. The quantitative estimate of drug-likeness (QED) is 0.853. The standard InChI is InChI=1S/C12H22F3N3S/c1-10-6-11(7-16,9-19-10)18-4-2-17(3-5-18)8-12(13,14)15/h10H,2-9,16H2,1H3. The van der Waals surface area contributed by atoms with Crippen LogP contribution in [-0.4, -0.2) is 71.8 Å². The van der Waals surface area contributed by atoms with Gasteiger partial charge in [0.1, 0.15) is 0 Å². The zero-order valence-corrected chi connectivity index (χ0v) is 12.1. The zero-order valence-electron chi connectivity index (χ0n) is 11.2. The van der Waals surface area contributed by atoms with Gasteiger partial charge in [0, 0.05) is 49.3 Å².